The number of carbonyl (C=O) groups is 1. The van der Waals surface area contributed by atoms with E-state index >= 15 is 0 Å². The van der Waals surface area contributed by atoms with Gasteiger partial charge in [0.25, 0.3) is 0 Å². The molecule has 3 N–H and O–H groups in total. The molecule has 118 valence electrons. The van der Waals surface area contributed by atoms with Gasteiger partial charge in [0.2, 0.25) is 5.91 Å². The van der Waals surface area contributed by atoms with Crippen LogP contribution < -0.4 is 11.1 Å². The van der Waals surface area contributed by atoms with Gasteiger partial charge in [-0.05, 0) is 18.3 Å². The monoisotopic (exact) mass is 285 g/mol. The first-order chi connectivity index (χ1) is 9.38. The second-order valence-corrected chi connectivity index (χ2v) is 6.63. The fourth-order valence-corrected chi connectivity index (χ4v) is 2.55. The van der Waals surface area contributed by atoms with Crippen molar-refractivity contribution < 1.29 is 9.53 Å². The van der Waals surface area contributed by atoms with Crippen molar-refractivity contribution in [2.24, 2.45) is 17.6 Å². The van der Waals surface area contributed by atoms with Gasteiger partial charge in [0, 0.05) is 26.2 Å². The highest BCUT2D eigenvalue weighted by atomic mass is 16.5. The highest BCUT2D eigenvalue weighted by Crippen LogP contribution is 2.08. The molecule has 5 nitrogen and oxygen atoms in total. The number of hydrogen-bond donors (Lipinski definition) is 2. The zero-order chi connectivity index (χ0) is 15.1. The molecule has 1 fully saturated rings. The van der Waals surface area contributed by atoms with Crippen LogP contribution in [0.2, 0.25) is 0 Å². The Morgan fingerprint density at radius 2 is 2.05 bits per heavy atom. The van der Waals surface area contributed by atoms with Crippen molar-refractivity contribution in [2.75, 3.05) is 32.8 Å². The summed E-state index contributed by atoms with van der Waals surface area (Å²) in [5, 5.41) is 2.92. The van der Waals surface area contributed by atoms with Gasteiger partial charge in [0.05, 0.1) is 18.8 Å². The van der Waals surface area contributed by atoms with E-state index in [2.05, 4.69) is 37.9 Å². The second kappa shape index (κ2) is 8.60. The Bertz CT molecular complexity index is 295. The van der Waals surface area contributed by atoms with Crippen LogP contribution in [0, 0.1) is 11.8 Å². The summed E-state index contributed by atoms with van der Waals surface area (Å²) in [6, 6.07) is -0.412. The number of carbonyl (C=O) groups excluding carboxylic acids is 1. The van der Waals surface area contributed by atoms with Crippen LogP contribution in [0.25, 0.3) is 0 Å². The fourth-order valence-electron chi connectivity index (χ4n) is 2.55. The molecule has 0 aliphatic carbocycles. The van der Waals surface area contributed by atoms with Crippen molar-refractivity contribution in [3.8, 4) is 0 Å². The summed E-state index contributed by atoms with van der Waals surface area (Å²) in [6.45, 7) is 12.8. The van der Waals surface area contributed by atoms with Gasteiger partial charge in [-0.1, -0.05) is 27.7 Å². The molecule has 2 atom stereocenters. The molecule has 0 radical (unpaired) electrons. The molecule has 1 unspecified atom stereocenters. The van der Waals surface area contributed by atoms with Crippen LogP contribution in [0.5, 0.6) is 0 Å². The lowest BCUT2D eigenvalue weighted by Crippen LogP contribution is -2.50. The molecule has 20 heavy (non-hydrogen) atoms. The van der Waals surface area contributed by atoms with Crippen LogP contribution in [-0.2, 0) is 9.53 Å². The third-order valence-electron chi connectivity index (χ3n) is 3.41. The Hall–Kier alpha value is -0.650. The van der Waals surface area contributed by atoms with Crippen LogP contribution in [-0.4, -0.2) is 55.7 Å². The third-order valence-corrected chi connectivity index (χ3v) is 3.41. The predicted molar refractivity (Wildman–Crippen MR) is 81.5 cm³/mol. The molecule has 1 saturated heterocycles. The summed E-state index contributed by atoms with van der Waals surface area (Å²) >= 11 is 0. The first-order valence-corrected chi connectivity index (χ1v) is 7.75. The van der Waals surface area contributed by atoms with Crippen molar-refractivity contribution in [1.82, 2.24) is 10.2 Å². The van der Waals surface area contributed by atoms with E-state index in [1.54, 1.807) is 0 Å². The molecule has 0 aromatic rings. The number of ether oxygens (including phenoxy) is 1. The van der Waals surface area contributed by atoms with Gasteiger partial charge < -0.3 is 15.8 Å². The quantitative estimate of drug-likeness (QED) is 0.727. The molecule has 0 bridgehead atoms. The van der Waals surface area contributed by atoms with E-state index in [0.29, 0.717) is 18.4 Å². The molecule has 0 spiro atoms. The summed E-state index contributed by atoms with van der Waals surface area (Å²) in [4.78, 5) is 14.3. The van der Waals surface area contributed by atoms with Crippen molar-refractivity contribution >= 4 is 5.91 Å². The lowest BCUT2D eigenvalue weighted by atomic mass is 10.0. The first-order valence-electron chi connectivity index (χ1n) is 7.75. The zero-order valence-corrected chi connectivity index (χ0v) is 13.4. The maximum absolute atomic E-state index is 11.9. The molecule has 0 saturated carbocycles. The van der Waals surface area contributed by atoms with Crippen LogP contribution >= 0.6 is 0 Å². The van der Waals surface area contributed by atoms with Crippen molar-refractivity contribution in [3.63, 3.8) is 0 Å². The predicted octanol–water partition coefficient (Wildman–Crippen LogP) is 0.833. The minimum atomic E-state index is -0.412. The molecule has 5 heteroatoms. The molecular weight excluding hydrogens is 254 g/mol. The minimum Gasteiger partial charge on any atom is -0.374 e. The molecule has 1 heterocycles. The van der Waals surface area contributed by atoms with E-state index < -0.39 is 6.04 Å². The molecular formula is C15H31N3O2. The van der Waals surface area contributed by atoms with Gasteiger partial charge in [-0.3, -0.25) is 9.69 Å². The van der Waals surface area contributed by atoms with Crippen molar-refractivity contribution in [1.29, 1.82) is 0 Å². The molecule has 1 amide bonds. The minimum absolute atomic E-state index is 0.0664. The maximum Gasteiger partial charge on any atom is 0.237 e. The molecule has 1 aliphatic rings. The standard InChI is InChI=1S/C15H31N3O2/c1-11(2)7-14(16)15(19)17-8-13-10-18(5-6-20-13)9-12(3)4/h11-14H,5-10,16H2,1-4H3,(H,17,19)/t13?,14-/m0/s1. The number of amides is 1. The van der Waals surface area contributed by atoms with Crippen molar-refractivity contribution in [2.45, 2.75) is 46.3 Å². The van der Waals surface area contributed by atoms with Gasteiger partial charge >= 0.3 is 0 Å². The lowest BCUT2D eigenvalue weighted by molar-refractivity contribution is -0.123. The molecule has 0 aromatic carbocycles. The maximum atomic E-state index is 11.9. The molecule has 1 aliphatic heterocycles. The van der Waals surface area contributed by atoms with E-state index in [1.807, 2.05) is 0 Å². The number of nitrogens with zero attached hydrogens (tertiary/aromatic N) is 1. The molecule has 1 rings (SSSR count). The van der Waals surface area contributed by atoms with Crippen molar-refractivity contribution in [3.05, 3.63) is 0 Å². The second-order valence-electron chi connectivity index (χ2n) is 6.63. The van der Waals surface area contributed by atoms with E-state index in [0.717, 1.165) is 32.7 Å². The Morgan fingerprint density at radius 1 is 1.35 bits per heavy atom. The number of nitrogens with two attached hydrogens (primary N) is 1. The molecule has 0 aromatic heterocycles. The van der Waals surface area contributed by atoms with Gasteiger partial charge in [0.15, 0.2) is 0 Å². The van der Waals surface area contributed by atoms with Gasteiger partial charge in [-0.2, -0.15) is 0 Å². The lowest BCUT2D eigenvalue weighted by Gasteiger charge is -2.34. The van der Waals surface area contributed by atoms with E-state index in [4.69, 9.17) is 10.5 Å². The highest BCUT2D eigenvalue weighted by molar-refractivity contribution is 5.81. The Balaban J connectivity index is 2.28. The smallest absolute Gasteiger partial charge is 0.237 e. The summed E-state index contributed by atoms with van der Waals surface area (Å²) < 4.78 is 5.70. The number of hydrogen-bond acceptors (Lipinski definition) is 4. The zero-order valence-electron chi connectivity index (χ0n) is 13.4. The third kappa shape index (κ3) is 6.68. The normalized spacial score (nSPS) is 22.2. The van der Waals surface area contributed by atoms with E-state index in [9.17, 15) is 4.79 Å². The number of morpholine rings is 1. The van der Waals surface area contributed by atoms with Crippen LogP contribution in [0.4, 0.5) is 0 Å². The Labute approximate surface area is 123 Å². The summed E-state index contributed by atoms with van der Waals surface area (Å²) in [6.07, 6.45) is 0.800. The summed E-state index contributed by atoms with van der Waals surface area (Å²) in [5.74, 6) is 1.02. The average Bonchev–Trinajstić information content (AvgIpc) is 2.34. The van der Waals surface area contributed by atoms with E-state index in [-0.39, 0.29) is 12.0 Å². The van der Waals surface area contributed by atoms with Gasteiger partial charge in [0.1, 0.15) is 0 Å². The average molecular weight is 285 g/mol. The highest BCUT2D eigenvalue weighted by Gasteiger charge is 2.22. The van der Waals surface area contributed by atoms with Crippen LogP contribution in [0.3, 0.4) is 0 Å². The summed E-state index contributed by atoms with van der Waals surface area (Å²) in [7, 11) is 0. The van der Waals surface area contributed by atoms with Crippen LogP contribution in [0.15, 0.2) is 0 Å². The SMILES string of the molecule is CC(C)C[C@H](N)C(=O)NCC1CN(CC(C)C)CCO1. The van der Waals surface area contributed by atoms with E-state index in [1.165, 1.54) is 0 Å². The first kappa shape index (κ1) is 17.4. The Morgan fingerprint density at radius 3 is 2.65 bits per heavy atom. The van der Waals surface area contributed by atoms with Gasteiger partial charge in [-0.15, -0.1) is 0 Å². The number of rotatable bonds is 7. The van der Waals surface area contributed by atoms with Crippen LogP contribution in [0.1, 0.15) is 34.1 Å². The summed E-state index contributed by atoms with van der Waals surface area (Å²) in [5.41, 5.74) is 5.86. The largest absolute Gasteiger partial charge is 0.374 e. The fraction of sp³-hybridized carbons (Fsp3) is 0.933. The topological polar surface area (TPSA) is 67.6 Å². The number of nitrogens with one attached hydrogen (secondary N) is 1. The Kier molecular flexibility index (Phi) is 7.48. The van der Waals surface area contributed by atoms with Gasteiger partial charge in [-0.25, -0.2) is 0 Å².